The summed E-state index contributed by atoms with van der Waals surface area (Å²) in [6.45, 7) is 8.39. The van der Waals surface area contributed by atoms with Crippen molar-refractivity contribution in [1.82, 2.24) is 15.0 Å². The first-order valence-electron chi connectivity index (χ1n) is 20.9. The summed E-state index contributed by atoms with van der Waals surface area (Å²) in [4.78, 5) is 15.5. The molecular weight excluding hydrogens is 649 g/mol. The van der Waals surface area contributed by atoms with Crippen LogP contribution in [-0.4, -0.2) is 33.3 Å². The van der Waals surface area contributed by atoms with Crippen molar-refractivity contribution in [3.05, 3.63) is 83.9 Å². The Hall–Kier alpha value is -3.35. The minimum atomic E-state index is -0.404. The summed E-state index contributed by atoms with van der Waals surface area (Å²) in [5, 5.41) is 0. The molecule has 0 spiro atoms. The lowest BCUT2D eigenvalue weighted by atomic mass is 9.48. The molecule has 53 heavy (non-hydrogen) atoms. The van der Waals surface area contributed by atoms with Crippen molar-refractivity contribution in [3.63, 3.8) is 0 Å². The van der Waals surface area contributed by atoms with Gasteiger partial charge in [0.15, 0.2) is 17.5 Å². The van der Waals surface area contributed by atoms with Crippen LogP contribution < -0.4 is 5.46 Å². The van der Waals surface area contributed by atoms with Crippen LogP contribution >= 0.6 is 0 Å². The van der Waals surface area contributed by atoms with Crippen LogP contribution in [0.1, 0.15) is 116 Å². The Kier molecular flexibility index (Phi) is 7.22. The van der Waals surface area contributed by atoms with Gasteiger partial charge in [0.05, 0.1) is 11.2 Å². The molecule has 6 heteroatoms. The van der Waals surface area contributed by atoms with E-state index < -0.39 is 7.12 Å². The topological polar surface area (TPSA) is 57.1 Å². The van der Waals surface area contributed by atoms with E-state index in [0.717, 1.165) is 69.3 Å². The standard InChI is InChI=1S/C47H54BN3O2/c1-44(2)45(3,4)53-48(52-44)40-15-9-37(10-16-40)43-50-41(35-5-11-38(12-6-35)46-23-29-17-30(24-46)19-31(18-29)25-46)49-42(51-43)36-7-13-39(14-8-36)47-26-32-20-33(27-47)22-34(21-32)28-47/h5-16,29-34H,17-28H2,1-4H3. The van der Waals surface area contributed by atoms with Crippen molar-refractivity contribution in [1.29, 1.82) is 0 Å². The third kappa shape index (κ3) is 5.43. The molecule has 8 aliphatic carbocycles. The molecule has 0 N–H and O–H groups in total. The van der Waals surface area contributed by atoms with Gasteiger partial charge in [0.25, 0.3) is 0 Å². The number of aromatic nitrogens is 3. The molecule has 2 heterocycles. The first kappa shape index (κ1) is 33.0. The Labute approximate surface area is 316 Å². The molecule has 8 bridgehead atoms. The molecule has 0 amide bonds. The first-order chi connectivity index (χ1) is 25.5. The minimum absolute atomic E-state index is 0.375. The summed E-state index contributed by atoms with van der Waals surface area (Å²) < 4.78 is 12.7. The van der Waals surface area contributed by atoms with Gasteiger partial charge >= 0.3 is 7.12 Å². The SMILES string of the molecule is CC1(C)OB(c2ccc(-c3nc(-c4ccc(C56CC7CC(CC(C7)C5)C6)cc4)nc(-c4ccc(C56CC7CC(CC(C7)C5)C6)cc4)n3)cc2)OC1(C)C. The highest BCUT2D eigenvalue weighted by Gasteiger charge is 2.53. The lowest BCUT2D eigenvalue weighted by Crippen LogP contribution is -2.48. The highest BCUT2D eigenvalue weighted by atomic mass is 16.7. The van der Waals surface area contributed by atoms with Gasteiger partial charge < -0.3 is 9.31 Å². The Bertz CT molecular complexity index is 1860. The van der Waals surface area contributed by atoms with Gasteiger partial charge in [0.2, 0.25) is 0 Å². The van der Waals surface area contributed by atoms with Crippen LogP contribution in [-0.2, 0) is 20.1 Å². The van der Waals surface area contributed by atoms with Crippen LogP contribution in [0.5, 0.6) is 0 Å². The Balaban J connectivity index is 0.936. The van der Waals surface area contributed by atoms with Crippen LogP contribution in [0.3, 0.4) is 0 Å². The zero-order valence-corrected chi connectivity index (χ0v) is 32.1. The molecule has 9 aliphatic rings. The van der Waals surface area contributed by atoms with E-state index in [0.29, 0.717) is 16.7 Å². The largest absolute Gasteiger partial charge is 0.494 e. The molecule has 272 valence electrons. The lowest BCUT2D eigenvalue weighted by Gasteiger charge is -2.57. The van der Waals surface area contributed by atoms with E-state index in [1.54, 1.807) is 0 Å². The van der Waals surface area contributed by atoms with E-state index in [-0.39, 0.29) is 11.2 Å². The van der Waals surface area contributed by atoms with E-state index in [2.05, 4.69) is 100 Å². The molecule has 0 radical (unpaired) electrons. The van der Waals surface area contributed by atoms with Crippen molar-refractivity contribution < 1.29 is 9.31 Å². The second-order valence-corrected chi connectivity index (χ2v) is 20.1. The van der Waals surface area contributed by atoms with Crippen LogP contribution in [0.25, 0.3) is 34.2 Å². The molecular formula is C47H54BN3O2. The molecule has 1 aromatic heterocycles. The first-order valence-corrected chi connectivity index (χ1v) is 20.9. The fourth-order valence-electron chi connectivity index (χ4n) is 13.4. The highest BCUT2D eigenvalue weighted by Crippen LogP contribution is 2.62. The normalized spacial score (nSPS) is 35.7. The van der Waals surface area contributed by atoms with Crippen LogP contribution in [0.4, 0.5) is 0 Å². The Morgan fingerprint density at radius 1 is 0.434 bits per heavy atom. The number of rotatable bonds is 6. The third-order valence-corrected chi connectivity index (χ3v) is 15.9. The van der Waals surface area contributed by atoms with Gasteiger partial charge in [-0.05, 0) is 168 Å². The van der Waals surface area contributed by atoms with Gasteiger partial charge in [-0.1, -0.05) is 72.8 Å². The monoisotopic (exact) mass is 703 g/mol. The molecule has 8 saturated carbocycles. The predicted octanol–water partition coefficient (Wildman–Crippen LogP) is 10.1. The summed E-state index contributed by atoms with van der Waals surface area (Å²) >= 11 is 0. The van der Waals surface area contributed by atoms with E-state index >= 15 is 0 Å². The van der Waals surface area contributed by atoms with Gasteiger partial charge in [0, 0.05) is 16.7 Å². The van der Waals surface area contributed by atoms with Crippen LogP contribution in [0.15, 0.2) is 72.8 Å². The average Bonchev–Trinajstić information content (AvgIpc) is 3.36. The quantitative estimate of drug-likeness (QED) is 0.187. The summed E-state index contributed by atoms with van der Waals surface area (Å²) in [6.07, 6.45) is 17.1. The zero-order valence-electron chi connectivity index (χ0n) is 32.1. The maximum Gasteiger partial charge on any atom is 0.494 e. The molecule has 1 aliphatic heterocycles. The van der Waals surface area contributed by atoms with Gasteiger partial charge in [-0.2, -0.15) is 0 Å². The van der Waals surface area contributed by atoms with Gasteiger partial charge in [-0.25, -0.2) is 15.0 Å². The average molecular weight is 704 g/mol. The van der Waals surface area contributed by atoms with Crippen LogP contribution in [0, 0.1) is 35.5 Å². The number of hydrogen-bond acceptors (Lipinski definition) is 5. The second-order valence-electron chi connectivity index (χ2n) is 20.1. The van der Waals surface area contributed by atoms with Gasteiger partial charge in [0.1, 0.15) is 0 Å². The fraction of sp³-hybridized carbons (Fsp3) is 0.553. The molecule has 3 aromatic carbocycles. The maximum atomic E-state index is 6.36. The molecule has 0 atom stereocenters. The molecule has 4 aromatic rings. The van der Waals surface area contributed by atoms with Gasteiger partial charge in [-0.3, -0.25) is 0 Å². The molecule has 0 unspecified atom stereocenters. The molecule has 1 saturated heterocycles. The van der Waals surface area contributed by atoms with E-state index in [9.17, 15) is 0 Å². The van der Waals surface area contributed by atoms with E-state index in [1.807, 2.05) is 0 Å². The summed E-state index contributed by atoms with van der Waals surface area (Å²) in [5.41, 5.74) is 7.13. The van der Waals surface area contributed by atoms with Crippen molar-refractivity contribution in [2.45, 2.75) is 127 Å². The minimum Gasteiger partial charge on any atom is -0.399 e. The zero-order chi connectivity index (χ0) is 35.7. The van der Waals surface area contributed by atoms with E-state index in [1.165, 1.54) is 88.2 Å². The third-order valence-electron chi connectivity index (χ3n) is 15.9. The van der Waals surface area contributed by atoms with Crippen molar-refractivity contribution in [2.75, 3.05) is 0 Å². The summed E-state index contributed by atoms with van der Waals surface area (Å²) in [7, 11) is -0.404. The summed E-state index contributed by atoms with van der Waals surface area (Å²) in [6, 6.07) is 27.2. The molecule has 9 fully saturated rings. The fourth-order valence-corrected chi connectivity index (χ4v) is 13.4. The molecule has 13 rings (SSSR count). The lowest BCUT2D eigenvalue weighted by molar-refractivity contribution is -0.00530. The summed E-state index contributed by atoms with van der Waals surface area (Å²) in [5.74, 6) is 7.76. The predicted molar refractivity (Wildman–Crippen MR) is 212 cm³/mol. The smallest absolute Gasteiger partial charge is 0.399 e. The van der Waals surface area contributed by atoms with Crippen molar-refractivity contribution in [2.24, 2.45) is 35.5 Å². The molecule has 5 nitrogen and oxygen atoms in total. The van der Waals surface area contributed by atoms with E-state index in [4.69, 9.17) is 24.3 Å². The Morgan fingerprint density at radius 3 is 1.02 bits per heavy atom. The highest BCUT2D eigenvalue weighted by molar-refractivity contribution is 6.62. The number of benzene rings is 3. The van der Waals surface area contributed by atoms with Crippen molar-refractivity contribution in [3.8, 4) is 34.2 Å². The van der Waals surface area contributed by atoms with Gasteiger partial charge in [-0.15, -0.1) is 0 Å². The maximum absolute atomic E-state index is 6.36. The Morgan fingerprint density at radius 2 is 0.717 bits per heavy atom. The number of hydrogen-bond donors (Lipinski definition) is 0. The second kappa shape index (κ2) is 11.6. The van der Waals surface area contributed by atoms with Crippen LogP contribution in [0.2, 0.25) is 0 Å². The van der Waals surface area contributed by atoms with Crippen molar-refractivity contribution >= 4 is 12.6 Å². The number of nitrogens with zero attached hydrogens (tertiary/aromatic N) is 3.